The number of nitro groups is 1. The second-order valence-corrected chi connectivity index (χ2v) is 2.94. The van der Waals surface area contributed by atoms with Gasteiger partial charge in [0.2, 0.25) is 0 Å². The highest BCUT2D eigenvalue weighted by atomic mass is 35.5. The molecule has 82 valence electrons. The third-order valence-corrected chi connectivity index (χ3v) is 1.94. The van der Waals surface area contributed by atoms with Crippen LogP contribution in [0.1, 0.15) is 17.8 Å². The van der Waals surface area contributed by atoms with Gasteiger partial charge >= 0.3 is 0 Å². The zero-order valence-corrected chi connectivity index (χ0v) is 7.91. The van der Waals surface area contributed by atoms with Crippen molar-refractivity contribution >= 4 is 17.3 Å². The lowest BCUT2D eigenvalue weighted by atomic mass is 10.2. The van der Waals surface area contributed by atoms with Crippen LogP contribution in [0.15, 0.2) is 6.07 Å². The van der Waals surface area contributed by atoms with E-state index < -0.39 is 29.3 Å². The molecule has 0 atom stereocenters. The highest BCUT2D eigenvalue weighted by Gasteiger charge is 2.25. The average molecular weight is 239 g/mol. The lowest BCUT2D eigenvalue weighted by Gasteiger charge is -2.04. The number of aromatic nitrogens is 1. The van der Waals surface area contributed by atoms with E-state index in [0.29, 0.717) is 0 Å². The normalized spacial score (nSPS) is 10.7. The molecule has 1 rings (SSSR count). The molecule has 15 heavy (non-hydrogen) atoms. The maximum atomic E-state index is 12.3. The zero-order chi connectivity index (χ0) is 11.6. The van der Waals surface area contributed by atoms with Crippen LogP contribution in [-0.2, 0) is 6.61 Å². The van der Waals surface area contributed by atoms with Gasteiger partial charge in [0.15, 0.2) is 5.69 Å². The third-order valence-electron chi connectivity index (χ3n) is 1.61. The molecule has 0 aliphatic rings. The van der Waals surface area contributed by atoms with E-state index in [0.717, 1.165) is 6.07 Å². The van der Waals surface area contributed by atoms with Crippen molar-refractivity contribution in [3.05, 3.63) is 32.6 Å². The fourth-order valence-electron chi connectivity index (χ4n) is 0.951. The predicted molar refractivity (Wildman–Crippen MR) is 46.8 cm³/mol. The molecule has 0 fully saturated rings. The summed E-state index contributed by atoms with van der Waals surface area (Å²) in [6, 6.07) is 0.752. The topological polar surface area (TPSA) is 76.3 Å². The molecule has 1 aromatic rings. The minimum absolute atomic E-state index is 0.211. The fraction of sp³-hybridized carbons (Fsp3) is 0.286. The number of hydrogen-bond donors (Lipinski definition) is 1. The van der Waals surface area contributed by atoms with Crippen LogP contribution in [-0.4, -0.2) is 15.0 Å². The van der Waals surface area contributed by atoms with Gasteiger partial charge in [-0.3, -0.25) is 10.1 Å². The maximum absolute atomic E-state index is 12.3. The Kier molecular flexibility index (Phi) is 3.48. The Bertz CT molecular complexity index is 400. The van der Waals surface area contributed by atoms with Crippen LogP contribution < -0.4 is 0 Å². The Balaban J connectivity index is 3.38. The van der Waals surface area contributed by atoms with Crippen LogP contribution in [0.2, 0.25) is 5.02 Å². The highest BCUT2D eigenvalue weighted by molar-refractivity contribution is 6.31. The van der Waals surface area contributed by atoms with Gasteiger partial charge in [0.05, 0.1) is 22.2 Å². The molecule has 0 aromatic carbocycles. The van der Waals surface area contributed by atoms with Crippen molar-refractivity contribution in [2.45, 2.75) is 13.0 Å². The summed E-state index contributed by atoms with van der Waals surface area (Å²) < 4.78 is 24.7. The summed E-state index contributed by atoms with van der Waals surface area (Å²) in [4.78, 5) is 12.6. The number of hydrogen-bond acceptors (Lipinski definition) is 4. The Hall–Kier alpha value is -1.34. The van der Waals surface area contributed by atoms with E-state index in [1.807, 2.05) is 0 Å². The lowest BCUT2D eigenvalue weighted by molar-refractivity contribution is -0.386. The standard InChI is InChI=1S/C7H5ClF2N2O3/c8-3-1-5(12(14)15)6(7(9)10)11-4(3)2-13/h1,7,13H,2H2. The van der Waals surface area contributed by atoms with Gasteiger partial charge in [0, 0.05) is 6.07 Å². The molecule has 0 radical (unpaired) electrons. The summed E-state index contributed by atoms with van der Waals surface area (Å²) in [5.74, 6) is 0. The number of aliphatic hydroxyl groups excluding tert-OH is 1. The zero-order valence-electron chi connectivity index (χ0n) is 7.15. The van der Waals surface area contributed by atoms with Gasteiger partial charge in [-0.25, -0.2) is 13.8 Å². The van der Waals surface area contributed by atoms with Crippen LogP contribution in [0.4, 0.5) is 14.5 Å². The molecule has 0 aliphatic carbocycles. The largest absolute Gasteiger partial charge is 0.390 e. The van der Waals surface area contributed by atoms with Crippen LogP contribution in [0, 0.1) is 10.1 Å². The van der Waals surface area contributed by atoms with Crippen LogP contribution in [0.5, 0.6) is 0 Å². The minimum Gasteiger partial charge on any atom is -0.390 e. The monoisotopic (exact) mass is 238 g/mol. The van der Waals surface area contributed by atoms with E-state index in [4.69, 9.17) is 16.7 Å². The second-order valence-electron chi connectivity index (χ2n) is 2.54. The van der Waals surface area contributed by atoms with E-state index in [-0.39, 0.29) is 10.7 Å². The summed E-state index contributed by atoms with van der Waals surface area (Å²) >= 11 is 5.48. The first-order valence-electron chi connectivity index (χ1n) is 3.70. The Labute approximate surface area is 87.5 Å². The van der Waals surface area contributed by atoms with Crippen molar-refractivity contribution in [1.82, 2.24) is 4.98 Å². The molecule has 0 bridgehead atoms. The molecule has 1 aromatic heterocycles. The molecule has 0 spiro atoms. The number of rotatable bonds is 3. The van der Waals surface area contributed by atoms with Gasteiger partial charge in [-0.1, -0.05) is 11.6 Å². The molecule has 0 saturated heterocycles. The van der Waals surface area contributed by atoms with Crippen molar-refractivity contribution in [1.29, 1.82) is 0 Å². The molecular weight excluding hydrogens is 234 g/mol. The van der Waals surface area contributed by atoms with E-state index in [9.17, 15) is 18.9 Å². The van der Waals surface area contributed by atoms with Crippen molar-refractivity contribution in [2.24, 2.45) is 0 Å². The van der Waals surface area contributed by atoms with Crippen LogP contribution >= 0.6 is 11.6 Å². The summed E-state index contributed by atoms with van der Waals surface area (Å²) in [6.45, 7) is -0.656. The maximum Gasteiger partial charge on any atom is 0.298 e. The molecule has 0 aliphatic heterocycles. The molecular formula is C7H5ClF2N2O3. The predicted octanol–water partition coefficient (Wildman–Crippen LogP) is 2.07. The summed E-state index contributed by atoms with van der Waals surface area (Å²) in [6.07, 6.45) is -3.09. The summed E-state index contributed by atoms with van der Waals surface area (Å²) in [5, 5.41) is 18.9. The van der Waals surface area contributed by atoms with E-state index in [2.05, 4.69) is 4.98 Å². The van der Waals surface area contributed by atoms with Crippen molar-refractivity contribution in [2.75, 3.05) is 0 Å². The Morgan fingerprint density at radius 2 is 2.27 bits per heavy atom. The first kappa shape index (κ1) is 11.7. The quantitative estimate of drug-likeness (QED) is 0.646. The molecule has 1 N–H and O–H groups in total. The van der Waals surface area contributed by atoms with Gasteiger partial charge in [-0.15, -0.1) is 0 Å². The molecule has 0 saturated carbocycles. The highest BCUT2D eigenvalue weighted by Crippen LogP contribution is 2.30. The van der Waals surface area contributed by atoms with Crippen molar-refractivity contribution in [3.8, 4) is 0 Å². The lowest BCUT2D eigenvalue weighted by Crippen LogP contribution is -2.03. The summed E-state index contributed by atoms with van der Waals surface area (Å²) in [5.41, 5.74) is -2.06. The van der Waals surface area contributed by atoms with Gasteiger partial charge in [-0.2, -0.15) is 0 Å². The van der Waals surface area contributed by atoms with Crippen molar-refractivity contribution in [3.63, 3.8) is 0 Å². The SMILES string of the molecule is O=[N+]([O-])c1cc(Cl)c(CO)nc1C(F)F. The number of pyridine rings is 1. The van der Waals surface area contributed by atoms with E-state index >= 15 is 0 Å². The number of halogens is 3. The number of nitrogens with zero attached hydrogens (tertiary/aromatic N) is 2. The minimum atomic E-state index is -3.09. The Morgan fingerprint density at radius 3 is 2.67 bits per heavy atom. The van der Waals surface area contributed by atoms with Gasteiger partial charge in [0.25, 0.3) is 12.1 Å². The molecule has 1 heterocycles. The van der Waals surface area contributed by atoms with E-state index in [1.54, 1.807) is 0 Å². The molecule has 0 amide bonds. The van der Waals surface area contributed by atoms with Crippen LogP contribution in [0.3, 0.4) is 0 Å². The molecule has 5 nitrogen and oxygen atoms in total. The number of alkyl halides is 2. The third kappa shape index (κ3) is 2.37. The van der Waals surface area contributed by atoms with E-state index in [1.165, 1.54) is 0 Å². The second kappa shape index (κ2) is 4.45. The average Bonchev–Trinajstić information content (AvgIpc) is 2.16. The summed E-state index contributed by atoms with van der Waals surface area (Å²) in [7, 11) is 0. The first-order chi connectivity index (χ1) is 6.97. The molecule has 0 unspecified atom stereocenters. The molecule has 8 heteroatoms. The van der Waals surface area contributed by atoms with Gasteiger partial charge < -0.3 is 5.11 Å². The van der Waals surface area contributed by atoms with Gasteiger partial charge in [0.1, 0.15) is 0 Å². The Morgan fingerprint density at radius 1 is 1.67 bits per heavy atom. The van der Waals surface area contributed by atoms with Gasteiger partial charge in [-0.05, 0) is 0 Å². The fourth-order valence-corrected chi connectivity index (χ4v) is 1.16. The number of aliphatic hydroxyl groups is 1. The van der Waals surface area contributed by atoms with Crippen LogP contribution in [0.25, 0.3) is 0 Å². The smallest absolute Gasteiger partial charge is 0.298 e. The first-order valence-corrected chi connectivity index (χ1v) is 4.08. The van der Waals surface area contributed by atoms with Crippen molar-refractivity contribution < 1.29 is 18.8 Å².